The summed E-state index contributed by atoms with van der Waals surface area (Å²) >= 11 is 0. The molecule has 1 heterocycles. The van der Waals surface area contributed by atoms with Crippen molar-refractivity contribution >= 4 is 28.0 Å². The number of carbonyl (C=O) groups excluding carboxylic acids is 1. The van der Waals surface area contributed by atoms with Crippen LogP contribution in [0.15, 0.2) is 72.9 Å². The Hall–Kier alpha value is -2.87. The second kappa shape index (κ2) is 5.15. The normalized spacial score (nSPS) is 11.1. The van der Waals surface area contributed by atoms with Gasteiger partial charge in [-0.15, -0.1) is 0 Å². The molecule has 4 rings (SSSR count). The summed E-state index contributed by atoms with van der Waals surface area (Å²) in [6.45, 7) is 0.760. The molecule has 1 aromatic heterocycles. The molecule has 0 spiro atoms. The number of rotatable bonds is 3. The highest BCUT2D eigenvalue weighted by atomic mass is 16.1. The number of benzene rings is 3. The van der Waals surface area contributed by atoms with Gasteiger partial charge in [-0.25, -0.2) is 0 Å². The lowest BCUT2D eigenvalue weighted by Gasteiger charge is -2.09. The van der Waals surface area contributed by atoms with Crippen LogP contribution in [-0.2, 0) is 6.54 Å². The zero-order valence-corrected chi connectivity index (χ0v) is 12.1. The number of aldehydes is 1. The van der Waals surface area contributed by atoms with Gasteiger partial charge in [0.15, 0.2) is 6.29 Å². The van der Waals surface area contributed by atoms with Gasteiger partial charge in [0.05, 0.1) is 0 Å². The lowest BCUT2D eigenvalue weighted by molar-refractivity contribution is 0.112. The minimum atomic E-state index is 0.746. The van der Waals surface area contributed by atoms with Crippen molar-refractivity contribution in [2.24, 2.45) is 0 Å². The van der Waals surface area contributed by atoms with Crippen LogP contribution in [0.25, 0.3) is 21.7 Å². The monoisotopic (exact) mass is 285 g/mol. The molecule has 0 aliphatic rings. The summed E-state index contributed by atoms with van der Waals surface area (Å²) in [4.78, 5) is 11.3. The lowest BCUT2D eigenvalue weighted by atomic mass is 10.0. The standard InChI is InChI=1S/C20H15NO/c22-14-17-13-21(20-11-4-3-10-19(17)20)12-16-8-5-7-15-6-1-2-9-18(15)16/h1-11,13-14H,12H2. The number of nitrogens with zero attached hydrogens (tertiary/aromatic N) is 1. The van der Waals surface area contributed by atoms with Gasteiger partial charge in [0.25, 0.3) is 0 Å². The lowest BCUT2D eigenvalue weighted by Crippen LogP contribution is -1.98. The van der Waals surface area contributed by atoms with Crippen LogP contribution >= 0.6 is 0 Å². The van der Waals surface area contributed by atoms with Crippen molar-refractivity contribution in [3.05, 3.63) is 84.1 Å². The number of fused-ring (bicyclic) bond motifs is 2. The summed E-state index contributed by atoms with van der Waals surface area (Å²) in [6.07, 6.45) is 2.88. The first-order valence-corrected chi connectivity index (χ1v) is 7.36. The number of hydrogen-bond acceptors (Lipinski definition) is 1. The van der Waals surface area contributed by atoms with Gasteiger partial charge in [0.1, 0.15) is 0 Å². The highest BCUT2D eigenvalue weighted by Crippen LogP contribution is 2.24. The van der Waals surface area contributed by atoms with E-state index in [1.54, 1.807) is 0 Å². The average Bonchev–Trinajstić information content (AvgIpc) is 2.93. The highest BCUT2D eigenvalue weighted by Gasteiger charge is 2.08. The van der Waals surface area contributed by atoms with Crippen molar-refractivity contribution < 1.29 is 4.79 Å². The number of aromatic nitrogens is 1. The maximum absolute atomic E-state index is 11.3. The van der Waals surface area contributed by atoms with Crippen molar-refractivity contribution in [3.8, 4) is 0 Å². The average molecular weight is 285 g/mol. The van der Waals surface area contributed by atoms with Crippen LogP contribution < -0.4 is 0 Å². The molecule has 0 amide bonds. The topological polar surface area (TPSA) is 22.0 Å². The smallest absolute Gasteiger partial charge is 0.152 e. The first-order chi connectivity index (χ1) is 10.9. The fourth-order valence-electron chi connectivity index (χ4n) is 3.11. The summed E-state index contributed by atoms with van der Waals surface area (Å²) in [5, 5.41) is 3.51. The van der Waals surface area contributed by atoms with E-state index in [1.807, 2.05) is 24.4 Å². The van der Waals surface area contributed by atoms with E-state index < -0.39 is 0 Å². The van der Waals surface area contributed by atoms with E-state index in [9.17, 15) is 4.79 Å². The molecular weight excluding hydrogens is 270 g/mol. The summed E-state index contributed by atoms with van der Waals surface area (Å²) in [5.74, 6) is 0. The van der Waals surface area contributed by atoms with Crippen molar-refractivity contribution in [2.75, 3.05) is 0 Å². The van der Waals surface area contributed by atoms with E-state index in [4.69, 9.17) is 0 Å². The van der Waals surface area contributed by atoms with Gasteiger partial charge >= 0.3 is 0 Å². The minimum absolute atomic E-state index is 0.746. The quantitative estimate of drug-likeness (QED) is 0.502. The van der Waals surface area contributed by atoms with Gasteiger partial charge in [0, 0.05) is 29.2 Å². The van der Waals surface area contributed by atoms with Crippen molar-refractivity contribution in [2.45, 2.75) is 6.54 Å². The molecule has 4 aromatic rings. The fourth-order valence-corrected chi connectivity index (χ4v) is 3.11. The third kappa shape index (κ3) is 2.01. The van der Waals surface area contributed by atoms with E-state index >= 15 is 0 Å². The summed E-state index contributed by atoms with van der Waals surface area (Å²) in [6, 6.07) is 22.8. The predicted molar refractivity (Wildman–Crippen MR) is 90.4 cm³/mol. The first-order valence-electron chi connectivity index (χ1n) is 7.36. The molecule has 0 unspecified atom stereocenters. The van der Waals surface area contributed by atoms with Crippen LogP contribution in [0.3, 0.4) is 0 Å². The van der Waals surface area contributed by atoms with Crippen LogP contribution in [0.1, 0.15) is 15.9 Å². The van der Waals surface area contributed by atoms with Gasteiger partial charge in [0.2, 0.25) is 0 Å². The number of para-hydroxylation sites is 1. The van der Waals surface area contributed by atoms with Crippen LogP contribution in [0.2, 0.25) is 0 Å². The Kier molecular flexibility index (Phi) is 3.01. The zero-order valence-electron chi connectivity index (χ0n) is 12.1. The third-order valence-electron chi connectivity index (χ3n) is 4.17. The highest BCUT2D eigenvalue weighted by molar-refractivity contribution is 5.97. The van der Waals surface area contributed by atoms with Gasteiger partial charge in [-0.3, -0.25) is 4.79 Å². The van der Waals surface area contributed by atoms with E-state index in [2.05, 4.69) is 53.1 Å². The maximum atomic E-state index is 11.3. The Morgan fingerprint density at radius 1 is 0.818 bits per heavy atom. The molecule has 0 aliphatic carbocycles. The Bertz CT molecular complexity index is 976. The largest absolute Gasteiger partial charge is 0.342 e. The Labute approximate surface area is 128 Å². The van der Waals surface area contributed by atoms with Gasteiger partial charge in [-0.05, 0) is 22.4 Å². The summed E-state index contributed by atoms with van der Waals surface area (Å²) in [5.41, 5.74) is 3.10. The summed E-state index contributed by atoms with van der Waals surface area (Å²) in [7, 11) is 0. The van der Waals surface area contributed by atoms with Gasteiger partial charge in [-0.1, -0.05) is 60.7 Å². The van der Waals surface area contributed by atoms with E-state index in [0.717, 1.165) is 29.3 Å². The first kappa shape index (κ1) is 12.8. The van der Waals surface area contributed by atoms with Crippen molar-refractivity contribution in [1.82, 2.24) is 4.57 Å². The molecular formula is C20H15NO. The SMILES string of the molecule is O=Cc1cn(Cc2cccc3ccccc23)c2ccccc12. The molecule has 0 aliphatic heterocycles. The maximum Gasteiger partial charge on any atom is 0.152 e. The minimum Gasteiger partial charge on any atom is -0.342 e. The molecule has 22 heavy (non-hydrogen) atoms. The Morgan fingerprint density at radius 2 is 1.55 bits per heavy atom. The molecule has 106 valence electrons. The van der Waals surface area contributed by atoms with Crippen LogP contribution in [0.5, 0.6) is 0 Å². The van der Waals surface area contributed by atoms with Gasteiger partial charge < -0.3 is 4.57 Å². The molecule has 2 nitrogen and oxygen atoms in total. The van der Waals surface area contributed by atoms with E-state index in [1.165, 1.54) is 16.3 Å². The van der Waals surface area contributed by atoms with Crippen molar-refractivity contribution in [1.29, 1.82) is 0 Å². The van der Waals surface area contributed by atoms with Crippen molar-refractivity contribution in [3.63, 3.8) is 0 Å². The van der Waals surface area contributed by atoms with E-state index in [0.29, 0.717) is 0 Å². The predicted octanol–water partition coefficient (Wildman–Crippen LogP) is 4.66. The van der Waals surface area contributed by atoms with Gasteiger partial charge in [-0.2, -0.15) is 0 Å². The zero-order chi connectivity index (χ0) is 14.9. The fraction of sp³-hybridized carbons (Fsp3) is 0.0500. The van der Waals surface area contributed by atoms with Crippen LogP contribution in [-0.4, -0.2) is 10.9 Å². The Balaban J connectivity index is 1.88. The number of hydrogen-bond donors (Lipinski definition) is 0. The molecule has 0 saturated heterocycles. The molecule has 0 atom stereocenters. The summed E-state index contributed by atoms with van der Waals surface area (Å²) < 4.78 is 2.15. The molecule has 0 fully saturated rings. The number of carbonyl (C=O) groups is 1. The third-order valence-corrected chi connectivity index (χ3v) is 4.17. The van der Waals surface area contributed by atoms with E-state index in [-0.39, 0.29) is 0 Å². The molecule has 0 N–H and O–H groups in total. The van der Waals surface area contributed by atoms with Crippen LogP contribution in [0.4, 0.5) is 0 Å². The molecule has 0 bridgehead atoms. The molecule has 3 aromatic carbocycles. The molecule has 0 saturated carbocycles. The van der Waals surface area contributed by atoms with Crippen LogP contribution in [0, 0.1) is 0 Å². The second-order valence-electron chi connectivity index (χ2n) is 5.49. The molecule has 0 radical (unpaired) electrons. The Morgan fingerprint density at radius 3 is 2.41 bits per heavy atom. The molecule has 2 heteroatoms. The second-order valence-corrected chi connectivity index (χ2v) is 5.49.